The molecule has 5 nitrogen and oxygen atoms in total. The van der Waals surface area contributed by atoms with Crippen LogP contribution >= 0.6 is 11.3 Å². The third kappa shape index (κ3) is 3.80. The minimum absolute atomic E-state index is 0.0175. The molecule has 0 aliphatic carbocycles. The second kappa shape index (κ2) is 7.91. The summed E-state index contributed by atoms with van der Waals surface area (Å²) in [5.41, 5.74) is 3.75. The van der Waals surface area contributed by atoms with E-state index < -0.39 is 0 Å². The third-order valence-electron chi connectivity index (χ3n) is 3.99. The van der Waals surface area contributed by atoms with E-state index in [1.54, 1.807) is 12.1 Å². The Morgan fingerprint density at radius 2 is 1.96 bits per heavy atom. The van der Waals surface area contributed by atoms with Crippen molar-refractivity contribution in [3.8, 4) is 6.07 Å². The molecule has 0 aliphatic rings. The Morgan fingerprint density at radius 1 is 1.23 bits per heavy atom. The minimum atomic E-state index is -0.0175. The molecular formula is C20H17N3O2S. The molecule has 1 aromatic heterocycles. The number of rotatable bonds is 6. The number of aliphatic hydroxyl groups is 1. The number of nitrogens with zero attached hydrogens (tertiary/aromatic N) is 3. The Kier molecular flexibility index (Phi) is 5.42. The topological polar surface area (TPSA) is 77.2 Å². The van der Waals surface area contributed by atoms with E-state index >= 15 is 0 Å². The summed E-state index contributed by atoms with van der Waals surface area (Å²) < 4.78 is 0. The highest BCUT2D eigenvalue weighted by Crippen LogP contribution is 2.32. The summed E-state index contributed by atoms with van der Waals surface area (Å²) >= 11 is 1.45. The number of aliphatic hydroxyl groups excluding tert-OH is 1. The molecule has 130 valence electrons. The van der Waals surface area contributed by atoms with Crippen molar-refractivity contribution in [2.75, 3.05) is 4.90 Å². The predicted octanol–water partition coefficient (Wildman–Crippen LogP) is 3.97. The van der Waals surface area contributed by atoms with Gasteiger partial charge < -0.3 is 10.0 Å². The molecule has 0 saturated carbocycles. The molecule has 0 bridgehead atoms. The number of thiazole rings is 1. The third-order valence-corrected chi connectivity index (χ3v) is 5.00. The lowest BCUT2D eigenvalue weighted by atomic mass is 10.1. The SMILES string of the molecule is Cc1sc(N(Cc2cccc(CO)c2)c2ccc(C#N)cc2)nc1C=O. The van der Waals surface area contributed by atoms with Crippen molar-refractivity contribution in [3.05, 3.63) is 75.8 Å². The normalized spacial score (nSPS) is 10.3. The number of nitriles is 1. The lowest BCUT2D eigenvalue weighted by Gasteiger charge is -2.22. The maximum atomic E-state index is 11.2. The zero-order valence-electron chi connectivity index (χ0n) is 14.2. The van der Waals surface area contributed by atoms with E-state index in [-0.39, 0.29) is 6.61 Å². The number of hydrogen-bond donors (Lipinski definition) is 1. The first-order valence-corrected chi connectivity index (χ1v) is 8.85. The van der Waals surface area contributed by atoms with Crippen LogP contribution in [0.5, 0.6) is 0 Å². The number of carbonyl (C=O) groups excluding carboxylic acids is 1. The van der Waals surface area contributed by atoms with Gasteiger partial charge in [0.2, 0.25) is 0 Å². The van der Waals surface area contributed by atoms with Crippen LogP contribution in [0.3, 0.4) is 0 Å². The lowest BCUT2D eigenvalue weighted by Crippen LogP contribution is -2.16. The van der Waals surface area contributed by atoms with Gasteiger partial charge in [0.15, 0.2) is 11.4 Å². The smallest absolute Gasteiger partial charge is 0.191 e. The monoisotopic (exact) mass is 363 g/mol. The molecule has 2 aromatic carbocycles. The van der Waals surface area contributed by atoms with Gasteiger partial charge in [-0.25, -0.2) is 4.98 Å². The van der Waals surface area contributed by atoms with Crippen LogP contribution < -0.4 is 4.90 Å². The van der Waals surface area contributed by atoms with E-state index in [0.29, 0.717) is 22.9 Å². The zero-order chi connectivity index (χ0) is 18.5. The Bertz CT molecular complexity index is 958. The second-order valence-corrected chi connectivity index (χ2v) is 6.96. The Labute approximate surface area is 155 Å². The van der Waals surface area contributed by atoms with Gasteiger partial charge in [0.25, 0.3) is 0 Å². The number of aromatic nitrogens is 1. The van der Waals surface area contributed by atoms with Gasteiger partial charge >= 0.3 is 0 Å². The first-order chi connectivity index (χ1) is 12.6. The van der Waals surface area contributed by atoms with Gasteiger partial charge in [-0.3, -0.25) is 4.79 Å². The highest BCUT2D eigenvalue weighted by Gasteiger charge is 2.17. The second-order valence-electron chi connectivity index (χ2n) is 5.78. The first kappa shape index (κ1) is 17.8. The molecule has 0 atom stereocenters. The molecular weight excluding hydrogens is 346 g/mol. The summed E-state index contributed by atoms with van der Waals surface area (Å²) in [4.78, 5) is 18.5. The molecule has 0 amide bonds. The fourth-order valence-electron chi connectivity index (χ4n) is 2.61. The number of carbonyl (C=O) groups is 1. The first-order valence-electron chi connectivity index (χ1n) is 8.03. The molecule has 0 fully saturated rings. The van der Waals surface area contributed by atoms with Crippen molar-refractivity contribution in [2.45, 2.75) is 20.1 Å². The van der Waals surface area contributed by atoms with Crippen LogP contribution in [0.1, 0.15) is 32.1 Å². The van der Waals surface area contributed by atoms with Crippen molar-refractivity contribution < 1.29 is 9.90 Å². The van der Waals surface area contributed by atoms with Crippen LogP contribution in [0.25, 0.3) is 0 Å². The summed E-state index contributed by atoms with van der Waals surface area (Å²) in [6, 6.07) is 17.1. The highest BCUT2D eigenvalue weighted by molar-refractivity contribution is 7.15. The summed E-state index contributed by atoms with van der Waals surface area (Å²) in [5, 5.41) is 19.1. The van der Waals surface area contributed by atoms with E-state index in [0.717, 1.165) is 28.0 Å². The van der Waals surface area contributed by atoms with Gasteiger partial charge in [0.05, 0.1) is 24.8 Å². The molecule has 1 heterocycles. The quantitative estimate of drug-likeness (QED) is 0.671. The molecule has 3 rings (SSSR count). The van der Waals surface area contributed by atoms with Crippen LogP contribution in [0.15, 0.2) is 48.5 Å². The van der Waals surface area contributed by atoms with Gasteiger partial charge in [0.1, 0.15) is 5.69 Å². The van der Waals surface area contributed by atoms with Crippen molar-refractivity contribution in [3.63, 3.8) is 0 Å². The van der Waals surface area contributed by atoms with Gasteiger partial charge in [-0.05, 0) is 42.3 Å². The van der Waals surface area contributed by atoms with E-state index in [2.05, 4.69) is 11.1 Å². The van der Waals surface area contributed by atoms with Crippen molar-refractivity contribution in [1.82, 2.24) is 4.98 Å². The van der Waals surface area contributed by atoms with E-state index in [1.165, 1.54) is 11.3 Å². The van der Waals surface area contributed by atoms with Crippen LogP contribution in [-0.2, 0) is 13.2 Å². The summed E-state index contributed by atoms with van der Waals surface area (Å²) in [5.74, 6) is 0. The fraction of sp³-hybridized carbons (Fsp3) is 0.150. The number of anilines is 2. The molecule has 0 spiro atoms. The predicted molar refractivity (Wildman–Crippen MR) is 102 cm³/mol. The van der Waals surface area contributed by atoms with Gasteiger partial charge in [-0.15, -0.1) is 11.3 Å². The average molecular weight is 363 g/mol. The molecule has 0 radical (unpaired) electrons. The van der Waals surface area contributed by atoms with Crippen LogP contribution in [-0.4, -0.2) is 16.4 Å². The number of benzene rings is 2. The molecule has 1 N–H and O–H groups in total. The lowest BCUT2D eigenvalue weighted by molar-refractivity contribution is 0.111. The maximum absolute atomic E-state index is 11.2. The molecule has 6 heteroatoms. The van der Waals surface area contributed by atoms with E-state index in [4.69, 9.17) is 5.26 Å². The molecule has 0 unspecified atom stereocenters. The molecule has 0 saturated heterocycles. The van der Waals surface area contributed by atoms with Crippen LogP contribution in [0, 0.1) is 18.3 Å². The summed E-state index contributed by atoms with van der Waals surface area (Å²) in [6.07, 6.45) is 0.763. The number of aryl methyl sites for hydroxylation is 1. The maximum Gasteiger partial charge on any atom is 0.191 e. The Balaban J connectivity index is 2.02. The largest absolute Gasteiger partial charge is 0.392 e. The summed E-state index contributed by atoms with van der Waals surface area (Å²) in [6.45, 7) is 2.38. The van der Waals surface area contributed by atoms with E-state index in [9.17, 15) is 9.90 Å². The zero-order valence-corrected chi connectivity index (χ0v) is 15.0. The van der Waals surface area contributed by atoms with Gasteiger partial charge in [0, 0.05) is 10.6 Å². The Hall–Kier alpha value is -3.01. The average Bonchev–Trinajstić information content (AvgIpc) is 3.07. The minimum Gasteiger partial charge on any atom is -0.392 e. The van der Waals surface area contributed by atoms with E-state index in [1.807, 2.05) is 48.2 Å². The fourth-order valence-corrected chi connectivity index (χ4v) is 3.51. The molecule has 0 aliphatic heterocycles. The van der Waals surface area contributed by atoms with Crippen LogP contribution in [0.4, 0.5) is 10.8 Å². The standard InChI is InChI=1S/C20H17N3O2S/c1-14-19(13-25)22-20(26-14)23(18-7-5-15(10-21)6-8-18)11-16-3-2-4-17(9-16)12-24/h2-9,13,24H,11-12H2,1H3. The Morgan fingerprint density at radius 3 is 2.58 bits per heavy atom. The van der Waals surface area contributed by atoms with Gasteiger partial charge in [-0.1, -0.05) is 24.3 Å². The molecule has 26 heavy (non-hydrogen) atoms. The van der Waals surface area contributed by atoms with Crippen molar-refractivity contribution >= 4 is 28.4 Å². The van der Waals surface area contributed by atoms with Gasteiger partial charge in [-0.2, -0.15) is 5.26 Å². The highest BCUT2D eigenvalue weighted by atomic mass is 32.1. The number of aldehydes is 1. The van der Waals surface area contributed by atoms with Crippen molar-refractivity contribution in [2.24, 2.45) is 0 Å². The molecule has 3 aromatic rings. The number of hydrogen-bond acceptors (Lipinski definition) is 6. The summed E-state index contributed by atoms with van der Waals surface area (Å²) in [7, 11) is 0. The van der Waals surface area contributed by atoms with Crippen molar-refractivity contribution in [1.29, 1.82) is 5.26 Å². The van der Waals surface area contributed by atoms with Crippen LogP contribution in [0.2, 0.25) is 0 Å².